The highest BCUT2D eigenvalue weighted by atomic mass is 32.2. The maximum atomic E-state index is 12.3. The molecule has 0 aliphatic carbocycles. The topological polar surface area (TPSA) is 43.9 Å². The van der Waals surface area contributed by atoms with Gasteiger partial charge in [-0.2, -0.15) is 0 Å². The van der Waals surface area contributed by atoms with Crippen molar-refractivity contribution in [1.82, 2.24) is 14.1 Å². The van der Waals surface area contributed by atoms with Crippen molar-refractivity contribution in [3.05, 3.63) is 0 Å². The molecule has 0 aromatic rings. The van der Waals surface area contributed by atoms with E-state index in [-0.39, 0.29) is 5.25 Å². The summed E-state index contributed by atoms with van der Waals surface area (Å²) in [5.41, 5.74) is 0. The summed E-state index contributed by atoms with van der Waals surface area (Å²) in [7, 11) is 4.89. The average Bonchev–Trinajstić information content (AvgIpc) is 2.25. The zero-order valence-corrected chi connectivity index (χ0v) is 14.2. The van der Waals surface area contributed by atoms with Crippen LogP contribution in [0.4, 0.5) is 0 Å². The second kappa shape index (κ2) is 8.89. The van der Waals surface area contributed by atoms with Crippen molar-refractivity contribution >= 4 is 10.0 Å². The molecule has 0 heterocycles. The summed E-state index contributed by atoms with van der Waals surface area (Å²) in [6, 6.07) is 0. The van der Waals surface area contributed by atoms with Gasteiger partial charge in [-0.25, -0.2) is 12.7 Å². The molecule has 0 spiro atoms. The van der Waals surface area contributed by atoms with Gasteiger partial charge in [0.2, 0.25) is 10.0 Å². The van der Waals surface area contributed by atoms with Crippen LogP contribution >= 0.6 is 0 Å². The van der Waals surface area contributed by atoms with Gasteiger partial charge in [-0.15, -0.1) is 0 Å². The molecule has 0 unspecified atom stereocenters. The number of rotatable bonds is 10. The number of hydrogen-bond donors (Lipinski definition) is 0. The molecule has 0 saturated heterocycles. The minimum atomic E-state index is -3.14. The van der Waals surface area contributed by atoms with Gasteiger partial charge in [0.25, 0.3) is 0 Å². The minimum absolute atomic E-state index is 0.341. The molecule has 6 heteroatoms. The van der Waals surface area contributed by atoms with E-state index in [1.807, 2.05) is 28.2 Å². The Kier molecular flexibility index (Phi) is 8.81. The second-order valence-corrected chi connectivity index (χ2v) is 8.30. The SMILES string of the molecule is CC(C)S(=O)(=O)N(CCCN(C)C)CCCN(C)C. The predicted octanol–water partition coefficient (Wildman–Crippen LogP) is 0.930. The maximum Gasteiger partial charge on any atom is 0.216 e. The number of nitrogens with zero attached hydrogens (tertiary/aromatic N) is 3. The third-order valence-corrected chi connectivity index (χ3v) is 5.26. The molecule has 0 saturated carbocycles. The van der Waals surface area contributed by atoms with E-state index in [0.29, 0.717) is 13.1 Å². The molecule has 0 fully saturated rings. The summed E-state index contributed by atoms with van der Waals surface area (Å²) in [6.07, 6.45) is 1.75. The molecule has 0 amide bonds. The third-order valence-electron chi connectivity index (χ3n) is 2.98. The first-order valence-electron chi connectivity index (χ1n) is 6.96. The molecule has 0 aliphatic heterocycles. The highest BCUT2D eigenvalue weighted by molar-refractivity contribution is 7.89. The van der Waals surface area contributed by atoms with Gasteiger partial charge in [0, 0.05) is 13.1 Å². The van der Waals surface area contributed by atoms with E-state index in [1.165, 1.54) is 0 Å². The normalized spacial score (nSPS) is 13.2. The summed E-state index contributed by atoms with van der Waals surface area (Å²) in [5, 5.41) is -0.341. The highest BCUT2D eigenvalue weighted by Gasteiger charge is 2.24. The van der Waals surface area contributed by atoms with E-state index in [4.69, 9.17) is 0 Å². The third kappa shape index (κ3) is 7.87. The zero-order chi connectivity index (χ0) is 15.1. The molecule has 0 aliphatic rings. The van der Waals surface area contributed by atoms with Gasteiger partial charge in [0.15, 0.2) is 0 Å². The first kappa shape index (κ1) is 18.8. The molecule has 0 bridgehead atoms. The summed E-state index contributed by atoms with van der Waals surface area (Å²) in [6.45, 7) is 6.56. The summed E-state index contributed by atoms with van der Waals surface area (Å²) in [4.78, 5) is 4.17. The van der Waals surface area contributed by atoms with Crippen molar-refractivity contribution in [3.63, 3.8) is 0 Å². The summed E-state index contributed by atoms with van der Waals surface area (Å²) >= 11 is 0. The van der Waals surface area contributed by atoms with Crippen molar-refractivity contribution < 1.29 is 8.42 Å². The molecular formula is C13H31N3O2S. The lowest BCUT2D eigenvalue weighted by Gasteiger charge is -2.25. The lowest BCUT2D eigenvalue weighted by Crippen LogP contribution is -2.39. The molecule has 5 nitrogen and oxygen atoms in total. The molecule has 0 aromatic heterocycles. The largest absolute Gasteiger partial charge is 0.309 e. The minimum Gasteiger partial charge on any atom is -0.309 e. The van der Waals surface area contributed by atoms with E-state index in [0.717, 1.165) is 25.9 Å². The van der Waals surface area contributed by atoms with Gasteiger partial charge in [-0.1, -0.05) is 0 Å². The Morgan fingerprint density at radius 3 is 1.42 bits per heavy atom. The maximum absolute atomic E-state index is 12.3. The molecular weight excluding hydrogens is 262 g/mol. The Hall–Kier alpha value is -0.170. The van der Waals surface area contributed by atoms with Crippen LogP contribution in [0.3, 0.4) is 0 Å². The average molecular weight is 293 g/mol. The molecule has 19 heavy (non-hydrogen) atoms. The quantitative estimate of drug-likeness (QED) is 0.601. The fraction of sp³-hybridized carbons (Fsp3) is 1.00. The van der Waals surface area contributed by atoms with Crippen molar-refractivity contribution in [3.8, 4) is 0 Å². The Labute approximate surface area is 119 Å². The van der Waals surface area contributed by atoms with Gasteiger partial charge in [-0.3, -0.25) is 0 Å². The van der Waals surface area contributed by atoms with Crippen LogP contribution in [0.1, 0.15) is 26.7 Å². The van der Waals surface area contributed by atoms with Crippen molar-refractivity contribution in [2.24, 2.45) is 0 Å². The van der Waals surface area contributed by atoms with Crippen LogP contribution in [0, 0.1) is 0 Å². The van der Waals surface area contributed by atoms with Gasteiger partial charge in [0.1, 0.15) is 0 Å². The van der Waals surface area contributed by atoms with Crippen LogP contribution in [0.2, 0.25) is 0 Å². The van der Waals surface area contributed by atoms with E-state index in [2.05, 4.69) is 9.80 Å². The van der Waals surface area contributed by atoms with Crippen molar-refractivity contribution in [2.45, 2.75) is 31.9 Å². The van der Waals surface area contributed by atoms with Gasteiger partial charge in [0.05, 0.1) is 5.25 Å². The van der Waals surface area contributed by atoms with Crippen LogP contribution in [-0.2, 0) is 10.0 Å². The van der Waals surface area contributed by atoms with Crippen molar-refractivity contribution in [1.29, 1.82) is 0 Å². The molecule has 0 rings (SSSR count). The number of hydrogen-bond acceptors (Lipinski definition) is 4. The standard InChI is InChI=1S/C13H31N3O2S/c1-13(2)19(17,18)16(11-7-9-14(3)4)12-8-10-15(5)6/h13H,7-12H2,1-6H3. The summed E-state index contributed by atoms with van der Waals surface area (Å²) in [5.74, 6) is 0. The van der Waals surface area contributed by atoms with Crippen LogP contribution in [0.5, 0.6) is 0 Å². The summed E-state index contributed by atoms with van der Waals surface area (Å²) < 4.78 is 26.2. The fourth-order valence-electron chi connectivity index (χ4n) is 1.79. The molecule has 0 radical (unpaired) electrons. The van der Waals surface area contributed by atoms with Gasteiger partial charge < -0.3 is 9.80 Å². The van der Waals surface area contributed by atoms with E-state index in [9.17, 15) is 8.42 Å². The molecule has 0 aromatic carbocycles. The predicted molar refractivity (Wildman–Crippen MR) is 82.0 cm³/mol. The van der Waals surface area contributed by atoms with Crippen LogP contribution in [0.15, 0.2) is 0 Å². The number of sulfonamides is 1. The van der Waals surface area contributed by atoms with E-state index >= 15 is 0 Å². The Morgan fingerprint density at radius 1 is 0.789 bits per heavy atom. The highest BCUT2D eigenvalue weighted by Crippen LogP contribution is 2.10. The van der Waals surface area contributed by atoms with Gasteiger partial charge >= 0.3 is 0 Å². The van der Waals surface area contributed by atoms with Crippen LogP contribution in [-0.4, -0.2) is 82.1 Å². The smallest absolute Gasteiger partial charge is 0.216 e. The van der Waals surface area contributed by atoms with E-state index in [1.54, 1.807) is 18.2 Å². The Morgan fingerprint density at radius 2 is 1.16 bits per heavy atom. The fourth-order valence-corrected chi connectivity index (χ4v) is 3.15. The first-order valence-corrected chi connectivity index (χ1v) is 8.46. The Balaban J connectivity index is 4.47. The van der Waals surface area contributed by atoms with Gasteiger partial charge in [-0.05, 0) is 68.0 Å². The molecule has 0 N–H and O–H groups in total. The van der Waals surface area contributed by atoms with Crippen LogP contribution < -0.4 is 0 Å². The monoisotopic (exact) mass is 293 g/mol. The Bertz CT molecular complexity index is 313. The lowest BCUT2D eigenvalue weighted by molar-refractivity contribution is 0.325. The molecule has 116 valence electrons. The molecule has 0 atom stereocenters. The van der Waals surface area contributed by atoms with Crippen molar-refractivity contribution in [2.75, 3.05) is 54.4 Å². The first-order chi connectivity index (χ1) is 8.67. The lowest BCUT2D eigenvalue weighted by atomic mass is 10.3. The second-order valence-electron chi connectivity index (χ2n) is 5.81. The zero-order valence-electron chi connectivity index (χ0n) is 13.4. The van der Waals surface area contributed by atoms with Crippen LogP contribution in [0.25, 0.3) is 0 Å². The van der Waals surface area contributed by atoms with E-state index < -0.39 is 10.0 Å².